The van der Waals surface area contributed by atoms with Gasteiger partial charge in [0, 0.05) is 5.69 Å². The zero-order valence-electron chi connectivity index (χ0n) is 9.03. The highest BCUT2D eigenvalue weighted by Gasteiger charge is 2.12. The first-order valence-corrected chi connectivity index (χ1v) is 4.55. The minimum Gasteiger partial charge on any atom is -0.496 e. The Kier molecular flexibility index (Phi) is 3.84. The van der Waals surface area contributed by atoms with Gasteiger partial charge in [-0.25, -0.2) is 5.84 Å². The lowest BCUT2D eigenvalue weighted by atomic mass is 10.2. The summed E-state index contributed by atoms with van der Waals surface area (Å²) in [7, 11) is 1.56. The van der Waals surface area contributed by atoms with Gasteiger partial charge in [-0.3, -0.25) is 15.0 Å². The van der Waals surface area contributed by atoms with Crippen LogP contribution in [-0.4, -0.2) is 18.9 Å². The number of hydrazine groups is 1. The number of hydrogen-bond donors (Lipinski definition) is 3. The van der Waals surface area contributed by atoms with Crippen molar-refractivity contribution in [3.63, 3.8) is 0 Å². The van der Waals surface area contributed by atoms with Crippen molar-refractivity contribution in [3.8, 4) is 5.75 Å². The Morgan fingerprint density at radius 3 is 2.50 bits per heavy atom. The molecule has 0 aromatic heterocycles. The second kappa shape index (κ2) is 5.13. The Bertz CT molecular complexity index is 418. The van der Waals surface area contributed by atoms with Crippen LogP contribution >= 0.6 is 0 Å². The van der Waals surface area contributed by atoms with Gasteiger partial charge in [-0.15, -0.1) is 0 Å². The molecule has 0 atom stereocenters. The highest BCUT2D eigenvalue weighted by atomic mass is 16.5. The molecule has 0 unspecified atom stereocenters. The topological polar surface area (TPSA) is 93.4 Å². The van der Waals surface area contributed by atoms with Gasteiger partial charge in [-0.05, 0) is 30.7 Å². The molecule has 1 rings (SSSR count). The normalized spacial score (nSPS) is 9.44. The molecule has 0 bridgehead atoms. The van der Waals surface area contributed by atoms with Crippen LogP contribution in [0.25, 0.3) is 0 Å². The Morgan fingerprint density at radius 2 is 2.00 bits per heavy atom. The maximum absolute atomic E-state index is 11.2. The van der Waals surface area contributed by atoms with E-state index in [1.54, 1.807) is 30.7 Å². The van der Waals surface area contributed by atoms with E-state index >= 15 is 0 Å². The molecule has 0 aliphatic heterocycles. The Hall–Kier alpha value is -2.08. The number of nitrogens with one attached hydrogen (secondary N) is 2. The van der Waals surface area contributed by atoms with E-state index in [1.165, 1.54) is 0 Å². The molecule has 0 saturated carbocycles. The van der Waals surface area contributed by atoms with E-state index in [0.29, 0.717) is 11.4 Å². The lowest BCUT2D eigenvalue weighted by molar-refractivity contribution is -0.136. The lowest BCUT2D eigenvalue weighted by Gasteiger charge is -2.08. The highest BCUT2D eigenvalue weighted by molar-refractivity contribution is 6.39. The minimum absolute atomic E-state index is 0.506. The second-order valence-electron chi connectivity index (χ2n) is 3.11. The van der Waals surface area contributed by atoms with E-state index in [1.807, 2.05) is 6.92 Å². The SMILES string of the molecule is COc1ccc(NC(=O)C(=O)NN)cc1C. The van der Waals surface area contributed by atoms with E-state index in [4.69, 9.17) is 10.6 Å². The van der Waals surface area contributed by atoms with Crippen molar-refractivity contribution in [2.75, 3.05) is 12.4 Å². The van der Waals surface area contributed by atoms with Crippen molar-refractivity contribution in [1.82, 2.24) is 5.43 Å². The van der Waals surface area contributed by atoms with Gasteiger partial charge in [0.2, 0.25) is 0 Å². The number of amides is 2. The van der Waals surface area contributed by atoms with E-state index < -0.39 is 11.8 Å². The number of nitrogens with two attached hydrogens (primary N) is 1. The second-order valence-corrected chi connectivity index (χ2v) is 3.11. The van der Waals surface area contributed by atoms with Crippen molar-refractivity contribution < 1.29 is 14.3 Å². The van der Waals surface area contributed by atoms with Crippen molar-refractivity contribution in [2.24, 2.45) is 5.84 Å². The molecule has 0 saturated heterocycles. The maximum Gasteiger partial charge on any atom is 0.323 e. The fraction of sp³-hybridized carbons (Fsp3) is 0.200. The molecule has 16 heavy (non-hydrogen) atoms. The van der Waals surface area contributed by atoms with Gasteiger partial charge in [0.1, 0.15) is 5.75 Å². The summed E-state index contributed by atoms with van der Waals surface area (Å²) in [6, 6.07) is 5.03. The number of methoxy groups -OCH3 is 1. The van der Waals surface area contributed by atoms with Crippen molar-refractivity contribution >= 4 is 17.5 Å². The predicted molar refractivity (Wildman–Crippen MR) is 58.7 cm³/mol. The van der Waals surface area contributed by atoms with Crippen LogP contribution < -0.4 is 21.3 Å². The zero-order chi connectivity index (χ0) is 12.1. The molecule has 0 spiro atoms. The Labute approximate surface area is 92.7 Å². The van der Waals surface area contributed by atoms with Crippen LogP contribution in [0.15, 0.2) is 18.2 Å². The van der Waals surface area contributed by atoms with Gasteiger partial charge in [0.15, 0.2) is 0 Å². The fourth-order valence-electron chi connectivity index (χ4n) is 1.21. The van der Waals surface area contributed by atoms with Crippen LogP contribution in [0.2, 0.25) is 0 Å². The monoisotopic (exact) mass is 223 g/mol. The number of anilines is 1. The first kappa shape index (κ1) is 12.0. The van der Waals surface area contributed by atoms with Crippen LogP contribution in [0.3, 0.4) is 0 Å². The van der Waals surface area contributed by atoms with Crippen LogP contribution in [0.1, 0.15) is 5.56 Å². The summed E-state index contributed by atoms with van der Waals surface area (Å²) in [6.45, 7) is 1.83. The van der Waals surface area contributed by atoms with Crippen LogP contribution in [0, 0.1) is 6.92 Å². The number of carbonyl (C=O) groups is 2. The molecule has 0 heterocycles. The summed E-state index contributed by atoms with van der Waals surface area (Å²) in [5.74, 6) is 3.82. The number of aryl methyl sites for hydroxylation is 1. The predicted octanol–water partition coefficient (Wildman–Crippen LogP) is -0.0680. The number of benzene rings is 1. The molecular weight excluding hydrogens is 210 g/mol. The van der Waals surface area contributed by atoms with E-state index in [0.717, 1.165) is 5.56 Å². The molecule has 6 nitrogen and oxygen atoms in total. The quantitative estimate of drug-likeness (QED) is 0.283. The lowest BCUT2D eigenvalue weighted by Crippen LogP contribution is -2.39. The number of carbonyl (C=O) groups excluding carboxylic acids is 2. The third kappa shape index (κ3) is 2.71. The van der Waals surface area contributed by atoms with Crippen LogP contribution in [0.5, 0.6) is 5.75 Å². The third-order valence-corrected chi connectivity index (χ3v) is 1.99. The molecule has 1 aromatic carbocycles. The molecule has 0 aliphatic rings. The van der Waals surface area contributed by atoms with Gasteiger partial charge < -0.3 is 10.1 Å². The smallest absolute Gasteiger partial charge is 0.323 e. The molecule has 1 aromatic rings. The number of ether oxygens (including phenoxy) is 1. The Morgan fingerprint density at radius 1 is 1.31 bits per heavy atom. The summed E-state index contributed by atoms with van der Waals surface area (Å²) >= 11 is 0. The summed E-state index contributed by atoms with van der Waals surface area (Å²) < 4.78 is 5.06. The molecule has 0 fully saturated rings. The van der Waals surface area contributed by atoms with Crippen molar-refractivity contribution in [2.45, 2.75) is 6.92 Å². The van der Waals surface area contributed by atoms with Gasteiger partial charge in [-0.1, -0.05) is 0 Å². The van der Waals surface area contributed by atoms with E-state index in [2.05, 4.69) is 5.32 Å². The minimum atomic E-state index is -0.895. The highest BCUT2D eigenvalue weighted by Crippen LogP contribution is 2.21. The molecule has 2 amide bonds. The molecule has 0 aliphatic carbocycles. The average molecular weight is 223 g/mol. The van der Waals surface area contributed by atoms with E-state index in [-0.39, 0.29) is 0 Å². The first-order chi connectivity index (χ1) is 7.58. The molecule has 86 valence electrons. The van der Waals surface area contributed by atoms with Gasteiger partial charge in [0.25, 0.3) is 0 Å². The molecule has 4 N–H and O–H groups in total. The summed E-state index contributed by atoms with van der Waals surface area (Å²) in [5, 5.41) is 2.40. The summed E-state index contributed by atoms with van der Waals surface area (Å²) in [4.78, 5) is 22.0. The average Bonchev–Trinajstić information content (AvgIpc) is 2.28. The van der Waals surface area contributed by atoms with Gasteiger partial charge >= 0.3 is 11.8 Å². The zero-order valence-corrected chi connectivity index (χ0v) is 9.03. The molecule has 6 heteroatoms. The third-order valence-electron chi connectivity index (χ3n) is 1.99. The summed E-state index contributed by atoms with van der Waals surface area (Å²) in [5.41, 5.74) is 3.11. The fourth-order valence-corrected chi connectivity index (χ4v) is 1.21. The molecular formula is C10H13N3O3. The molecule has 0 radical (unpaired) electrons. The van der Waals surface area contributed by atoms with Crippen molar-refractivity contribution in [3.05, 3.63) is 23.8 Å². The first-order valence-electron chi connectivity index (χ1n) is 4.55. The Balaban J connectivity index is 2.79. The van der Waals surface area contributed by atoms with Gasteiger partial charge in [0.05, 0.1) is 7.11 Å². The number of hydrogen-bond acceptors (Lipinski definition) is 4. The summed E-state index contributed by atoms with van der Waals surface area (Å²) in [6.07, 6.45) is 0. The largest absolute Gasteiger partial charge is 0.496 e. The number of rotatable bonds is 2. The van der Waals surface area contributed by atoms with Crippen molar-refractivity contribution in [1.29, 1.82) is 0 Å². The van der Waals surface area contributed by atoms with E-state index in [9.17, 15) is 9.59 Å². The maximum atomic E-state index is 11.2. The van der Waals surface area contributed by atoms with Gasteiger partial charge in [-0.2, -0.15) is 0 Å². The van der Waals surface area contributed by atoms with Crippen LogP contribution in [-0.2, 0) is 9.59 Å². The standard InChI is InChI=1S/C10H13N3O3/c1-6-5-7(3-4-8(6)16-2)12-9(14)10(15)13-11/h3-5H,11H2,1-2H3,(H,12,14)(H,13,15). The van der Waals surface area contributed by atoms with Crippen LogP contribution in [0.4, 0.5) is 5.69 Å².